The van der Waals surface area contributed by atoms with E-state index in [0.29, 0.717) is 0 Å². The first-order chi connectivity index (χ1) is 28.7. The molecule has 2 nitrogen and oxygen atoms in total. The van der Waals surface area contributed by atoms with Crippen LogP contribution < -0.4 is 0 Å². The molecule has 2 heterocycles. The molecule has 0 aliphatic carbocycles. The molecular formula is C56H34N2. The van der Waals surface area contributed by atoms with Gasteiger partial charge in [0.1, 0.15) is 0 Å². The molecule has 2 heteroatoms. The minimum absolute atomic E-state index is 0.957. The Balaban J connectivity index is 1.16. The minimum atomic E-state index is 0.957. The van der Waals surface area contributed by atoms with E-state index in [1.54, 1.807) is 0 Å². The third-order valence-corrected chi connectivity index (χ3v) is 12.0. The topological polar surface area (TPSA) is 25.8 Å². The average molecular weight is 735 g/mol. The van der Waals surface area contributed by atoms with Gasteiger partial charge in [0.2, 0.25) is 0 Å². The average Bonchev–Trinajstić information content (AvgIpc) is 3.30. The van der Waals surface area contributed by atoms with Crippen LogP contribution in [0.4, 0.5) is 0 Å². The lowest BCUT2D eigenvalue weighted by Gasteiger charge is -2.18. The molecule has 0 fully saturated rings. The SMILES string of the molecule is c1ccc2nc(-c3ccc(-c4cc(-c5cc6ccccc6c6ccccc56)nc5c4cc(-c4cc6ccccc6c6ccccc46)c4ccccc45)cc3)ccc2c1. The van der Waals surface area contributed by atoms with Gasteiger partial charge in [-0.1, -0.05) is 170 Å². The Hall–Kier alpha value is -7.68. The number of aromatic nitrogens is 2. The quantitative estimate of drug-likeness (QED) is 0.168. The first-order valence-electron chi connectivity index (χ1n) is 19.9. The lowest BCUT2D eigenvalue weighted by atomic mass is 9.87. The van der Waals surface area contributed by atoms with Crippen molar-refractivity contribution in [2.75, 3.05) is 0 Å². The van der Waals surface area contributed by atoms with E-state index in [1.165, 1.54) is 59.6 Å². The van der Waals surface area contributed by atoms with Crippen molar-refractivity contribution in [2.24, 2.45) is 0 Å². The Labute approximate surface area is 335 Å². The van der Waals surface area contributed by atoms with Gasteiger partial charge in [0.15, 0.2) is 0 Å². The maximum atomic E-state index is 5.65. The summed E-state index contributed by atoms with van der Waals surface area (Å²) in [7, 11) is 0. The zero-order chi connectivity index (χ0) is 38.2. The minimum Gasteiger partial charge on any atom is -0.248 e. The molecule has 268 valence electrons. The Morgan fingerprint density at radius 3 is 1.40 bits per heavy atom. The molecule has 12 aromatic rings. The van der Waals surface area contributed by atoms with Gasteiger partial charge in [-0.25, -0.2) is 9.97 Å². The molecule has 0 N–H and O–H groups in total. The predicted octanol–water partition coefficient (Wildman–Crippen LogP) is 15.2. The number of nitrogens with zero attached hydrogens (tertiary/aromatic N) is 2. The Bertz CT molecular complexity index is 3620. The molecule has 2 aromatic heterocycles. The smallest absolute Gasteiger partial charge is 0.0794 e. The summed E-state index contributed by atoms with van der Waals surface area (Å²) in [6, 6.07) is 74.7. The van der Waals surface area contributed by atoms with Gasteiger partial charge in [0.05, 0.1) is 22.4 Å². The fourth-order valence-electron chi connectivity index (χ4n) is 9.24. The van der Waals surface area contributed by atoms with E-state index in [1.807, 2.05) is 6.07 Å². The van der Waals surface area contributed by atoms with Crippen LogP contribution >= 0.6 is 0 Å². The molecule has 0 aliphatic heterocycles. The maximum absolute atomic E-state index is 5.65. The summed E-state index contributed by atoms with van der Waals surface area (Å²) in [5.41, 5.74) is 10.8. The number of hydrogen-bond acceptors (Lipinski definition) is 2. The lowest BCUT2D eigenvalue weighted by molar-refractivity contribution is 1.40. The van der Waals surface area contributed by atoms with Crippen molar-refractivity contribution in [2.45, 2.75) is 0 Å². The monoisotopic (exact) mass is 734 g/mol. The van der Waals surface area contributed by atoms with Crippen LogP contribution in [0.15, 0.2) is 206 Å². The summed E-state index contributed by atoms with van der Waals surface area (Å²) in [4.78, 5) is 10.7. The van der Waals surface area contributed by atoms with Gasteiger partial charge in [0.25, 0.3) is 0 Å². The van der Waals surface area contributed by atoms with Crippen molar-refractivity contribution < 1.29 is 0 Å². The molecular weight excluding hydrogens is 701 g/mol. The van der Waals surface area contributed by atoms with E-state index >= 15 is 0 Å². The first-order valence-corrected chi connectivity index (χ1v) is 19.9. The third-order valence-electron chi connectivity index (χ3n) is 12.0. The molecule has 0 saturated carbocycles. The van der Waals surface area contributed by atoms with Crippen LogP contribution in [-0.2, 0) is 0 Å². The van der Waals surface area contributed by atoms with E-state index < -0.39 is 0 Å². The van der Waals surface area contributed by atoms with Gasteiger partial charge >= 0.3 is 0 Å². The number of para-hydroxylation sites is 1. The summed E-state index contributed by atoms with van der Waals surface area (Å²) in [5.74, 6) is 0. The second-order valence-corrected chi connectivity index (χ2v) is 15.3. The lowest BCUT2D eigenvalue weighted by Crippen LogP contribution is -1.95. The summed E-state index contributed by atoms with van der Waals surface area (Å²) in [6.07, 6.45) is 0. The largest absolute Gasteiger partial charge is 0.248 e. The summed E-state index contributed by atoms with van der Waals surface area (Å²) in [6.45, 7) is 0. The highest BCUT2D eigenvalue weighted by Gasteiger charge is 2.19. The molecule has 0 unspecified atom stereocenters. The van der Waals surface area contributed by atoms with Crippen molar-refractivity contribution in [1.82, 2.24) is 9.97 Å². The van der Waals surface area contributed by atoms with Crippen LogP contribution in [0.3, 0.4) is 0 Å². The molecule has 0 atom stereocenters. The van der Waals surface area contributed by atoms with Crippen LogP contribution in [0.5, 0.6) is 0 Å². The van der Waals surface area contributed by atoms with E-state index in [9.17, 15) is 0 Å². The molecule has 0 saturated heterocycles. The highest BCUT2D eigenvalue weighted by molar-refractivity contribution is 6.22. The second-order valence-electron chi connectivity index (χ2n) is 15.3. The Kier molecular flexibility index (Phi) is 7.26. The molecule has 0 radical (unpaired) electrons. The number of pyridine rings is 2. The van der Waals surface area contributed by atoms with Crippen molar-refractivity contribution in [3.8, 4) is 44.8 Å². The third kappa shape index (κ3) is 5.12. The molecule has 58 heavy (non-hydrogen) atoms. The molecule has 0 aliphatic rings. The Morgan fingerprint density at radius 2 is 0.724 bits per heavy atom. The molecule has 10 aromatic carbocycles. The van der Waals surface area contributed by atoms with Crippen molar-refractivity contribution in [1.29, 1.82) is 0 Å². The number of fused-ring (bicyclic) bond motifs is 10. The predicted molar refractivity (Wildman–Crippen MR) is 246 cm³/mol. The van der Waals surface area contributed by atoms with Gasteiger partial charge in [-0.3, -0.25) is 0 Å². The van der Waals surface area contributed by atoms with E-state index in [0.717, 1.165) is 60.8 Å². The second kappa shape index (κ2) is 12.9. The summed E-state index contributed by atoms with van der Waals surface area (Å²) < 4.78 is 0. The fourth-order valence-corrected chi connectivity index (χ4v) is 9.24. The van der Waals surface area contributed by atoms with Gasteiger partial charge in [-0.15, -0.1) is 0 Å². The molecule has 0 amide bonds. The van der Waals surface area contributed by atoms with Gasteiger partial charge in [0, 0.05) is 27.3 Å². The van der Waals surface area contributed by atoms with Gasteiger partial charge < -0.3 is 0 Å². The highest BCUT2D eigenvalue weighted by atomic mass is 14.7. The summed E-state index contributed by atoms with van der Waals surface area (Å²) >= 11 is 0. The number of hydrogen-bond donors (Lipinski definition) is 0. The van der Waals surface area contributed by atoms with Crippen molar-refractivity contribution in [3.63, 3.8) is 0 Å². The van der Waals surface area contributed by atoms with E-state index in [2.05, 4.69) is 200 Å². The first kappa shape index (κ1) is 32.6. The van der Waals surface area contributed by atoms with Crippen LogP contribution in [-0.4, -0.2) is 9.97 Å². The van der Waals surface area contributed by atoms with E-state index in [4.69, 9.17) is 9.97 Å². The summed E-state index contributed by atoms with van der Waals surface area (Å²) in [5, 5.41) is 14.5. The van der Waals surface area contributed by atoms with Crippen molar-refractivity contribution in [3.05, 3.63) is 206 Å². The molecule has 12 rings (SSSR count). The van der Waals surface area contributed by atoms with E-state index in [-0.39, 0.29) is 0 Å². The fraction of sp³-hybridized carbons (Fsp3) is 0. The molecule has 0 spiro atoms. The van der Waals surface area contributed by atoms with Gasteiger partial charge in [-0.05, 0) is 107 Å². The van der Waals surface area contributed by atoms with Crippen LogP contribution in [0.1, 0.15) is 0 Å². The Morgan fingerprint density at radius 1 is 0.241 bits per heavy atom. The van der Waals surface area contributed by atoms with Crippen LogP contribution in [0, 0.1) is 0 Å². The number of benzene rings is 10. The highest BCUT2D eigenvalue weighted by Crippen LogP contribution is 2.45. The zero-order valence-corrected chi connectivity index (χ0v) is 31.5. The van der Waals surface area contributed by atoms with Crippen molar-refractivity contribution >= 4 is 75.7 Å². The number of rotatable bonds is 4. The van der Waals surface area contributed by atoms with Crippen LogP contribution in [0.2, 0.25) is 0 Å². The van der Waals surface area contributed by atoms with Crippen LogP contribution in [0.25, 0.3) is 120 Å². The normalized spacial score (nSPS) is 11.8. The standard InChI is InChI=1S/C56H34N2/c1-4-16-40-38(14-1)31-49(44-20-8-6-18-42(40)44)50-33-52-48(35-25-27-37(28-26-35)54-30-29-36-13-3-12-24-53(36)57-54)34-55(58-56(52)47-23-11-10-22-46(47)50)51-32-39-15-2-5-17-41(39)43-19-7-9-21-45(43)51/h1-34H. The molecule has 0 bridgehead atoms. The zero-order valence-electron chi connectivity index (χ0n) is 31.5. The van der Waals surface area contributed by atoms with Gasteiger partial charge in [-0.2, -0.15) is 0 Å². The maximum Gasteiger partial charge on any atom is 0.0794 e.